The minimum Gasteiger partial charge on any atom is -0.392 e. The number of hydrogen-bond donors (Lipinski definition) is 1. The molecule has 4 heteroatoms. The van der Waals surface area contributed by atoms with Gasteiger partial charge < -0.3 is 14.4 Å². The molecule has 110 valence electrons. The summed E-state index contributed by atoms with van der Waals surface area (Å²) in [6.45, 7) is 5.33. The van der Waals surface area contributed by atoms with Crippen molar-refractivity contribution in [3.05, 3.63) is 42.4 Å². The molecule has 4 nitrogen and oxygen atoms in total. The van der Waals surface area contributed by atoms with Gasteiger partial charge in [-0.15, -0.1) is 0 Å². The molecular formula is C17H20N2O2. The Kier molecular flexibility index (Phi) is 2.75. The van der Waals surface area contributed by atoms with Crippen molar-refractivity contribution < 1.29 is 9.84 Å². The number of hydrogen-bond acceptors (Lipinski definition) is 3. The standard InChI is InChI=1S/C17H20N2O2/c1-17(2)9-21-8-13(16(17)20)15-12-6-4-3-5-11(12)14-7-18-10-19(14)15/h3-7,10,13,15-16,20H,8-9H2,1-2H3/t13-,15-,16-/m1/s1. The average molecular weight is 284 g/mol. The second-order valence-corrected chi connectivity index (χ2v) is 6.83. The third-order valence-corrected chi connectivity index (χ3v) is 4.92. The zero-order chi connectivity index (χ0) is 14.6. The molecule has 2 aliphatic heterocycles. The second-order valence-electron chi connectivity index (χ2n) is 6.83. The summed E-state index contributed by atoms with van der Waals surface area (Å²) in [6.07, 6.45) is 3.38. The van der Waals surface area contributed by atoms with Crippen molar-refractivity contribution in [1.82, 2.24) is 9.55 Å². The molecule has 2 aliphatic rings. The molecule has 0 amide bonds. The predicted molar refractivity (Wildman–Crippen MR) is 79.9 cm³/mol. The summed E-state index contributed by atoms with van der Waals surface area (Å²) in [7, 11) is 0. The van der Waals surface area contributed by atoms with E-state index in [4.69, 9.17) is 4.74 Å². The van der Waals surface area contributed by atoms with E-state index < -0.39 is 6.10 Å². The van der Waals surface area contributed by atoms with Crippen LogP contribution in [-0.2, 0) is 4.74 Å². The molecule has 0 radical (unpaired) electrons. The first-order chi connectivity index (χ1) is 10.1. The first-order valence-electron chi connectivity index (χ1n) is 7.46. The molecule has 0 spiro atoms. The molecule has 1 N–H and O–H groups in total. The van der Waals surface area contributed by atoms with Crippen LogP contribution >= 0.6 is 0 Å². The third kappa shape index (κ3) is 1.79. The molecule has 1 fully saturated rings. The van der Waals surface area contributed by atoms with Crippen LogP contribution in [0.2, 0.25) is 0 Å². The van der Waals surface area contributed by atoms with Crippen molar-refractivity contribution in [2.24, 2.45) is 11.3 Å². The van der Waals surface area contributed by atoms with Gasteiger partial charge in [0.25, 0.3) is 0 Å². The lowest BCUT2D eigenvalue weighted by molar-refractivity contribution is -0.129. The fourth-order valence-corrected chi connectivity index (χ4v) is 3.79. The van der Waals surface area contributed by atoms with Crippen LogP contribution < -0.4 is 0 Å². The van der Waals surface area contributed by atoms with E-state index in [2.05, 4.69) is 47.7 Å². The van der Waals surface area contributed by atoms with Crippen molar-refractivity contribution in [3.8, 4) is 11.3 Å². The SMILES string of the molecule is CC1(C)COC[C@H]([C@H]2c3ccccc3-c3cncn32)[C@H]1O. The molecule has 0 bridgehead atoms. The van der Waals surface area contributed by atoms with Gasteiger partial charge in [-0.3, -0.25) is 0 Å². The third-order valence-electron chi connectivity index (χ3n) is 4.92. The number of aliphatic hydroxyl groups is 1. The molecule has 0 unspecified atom stereocenters. The molecule has 3 heterocycles. The van der Waals surface area contributed by atoms with Gasteiger partial charge in [0.05, 0.1) is 43.6 Å². The molecule has 2 aromatic rings. The van der Waals surface area contributed by atoms with Crippen LogP contribution in [0.15, 0.2) is 36.8 Å². The number of aromatic nitrogens is 2. The zero-order valence-electron chi connectivity index (χ0n) is 12.4. The summed E-state index contributed by atoms with van der Waals surface area (Å²) >= 11 is 0. The van der Waals surface area contributed by atoms with Gasteiger partial charge in [0.1, 0.15) is 0 Å². The molecule has 4 rings (SSSR count). The summed E-state index contributed by atoms with van der Waals surface area (Å²) in [5.41, 5.74) is 3.39. The van der Waals surface area contributed by atoms with Crippen molar-refractivity contribution in [1.29, 1.82) is 0 Å². The predicted octanol–water partition coefficient (Wildman–Crippen LogP) is 2.49. The van der Waals surface area contributed by atoms with E-state index in [-0.39, 0.29) is 17.4 Å². The topological polar surface area (TPSA) is 47.3 Å². The van der Waals surface area contributed by atoms with E-state index in [9.17, 15) is 5.11 Å². The lowest BCUT2D eigenvalue weighted by Crippen LogP contribution is -2.49. The van der Waals surface area contributed by atoms with Crippen LogP contribution in [0.1, 0.15) is 25.5 Å². The molecule has 1 aromatic heterocycles. The Balaban J connectivity index is 1.82. The Hall–Kier alpha value is -1.65. The van der Waals surface area contributed by atoms with Crippen LogP contribution in [0.5, 0.6) is 0 Å². The molecule has 3 atom stereocenters. The molecule has 1 aromatic carbocycles. The minimum absolute atomic E-state index is 0.0466. The van der Waals surface area contributed by atoms with Gasteiger partial charge in [-0.25, -0.2) is 4.98 Å². The highest BCUT2D eigenvalue weighted by Gasteiger charge is 2.45. The number of nitrogens with zero attached hydrogens (tertiary/aromatic N) is 2. The summed E-state index contributed by atoms with van der Waals surface area (Å²) in [4.78, 5) is 4.29. The van der Waals surface area contributed by atoms with E-state index >= 15 is 0 Å². The van der Waals surface area contributed by atoms with E-state index in [1.54, 1.807) is 0 Å². The van der Waals surface area contributed by atoms with Crippen molar-refractivity contribution >= 4 is 0 Å². The quantitative estimate of drug-likeness (QED) is 0.875. The first kappa shape index (κ1) is 13.0. The lowest BCUT2D eigenvalue weighted by Gasteiger charge is -2.43. The van der Waals surface area contributed by atoms with Crippen LogP contribution in [-0.4, -0.2) is 34.0 Å². The molecular weight excluding hydrogens is 264 g/mol. The monoisotopic (exact) mass is 284 g/mol. The fourth-order valence-electron chi connectivity index (χ4n) is 3.79. The van der Waals surface area contributed by atoms with Crippen LogP contribution in [0.3, 0.4) is 0 Å². The van der Waals surface area contributed by atoms with Gasteiger partial charge in [0.15, 0.2) is 0 Å². The van der Waals surface area contributed by atoms with E-state index in [1.165, 1.54) is 11.1 Å². The average Bonchev–Trinajstić information content (AvgIpc) is 3.03. The number of rotatable bonds is 1. The van der Waals surface area contributed by atoms with Gasteiger partial charge >= 0.3 is 0 Å². The van der Waals surface area contributed by atoms with Gasteiger partial charge in [-0.2, -0.15) is 0 Å². The lowest BCUT2D eigenvalue weighted by atomic mass is 9.74. The van der Waals surface area contributed by atoms with Gasteiger partial charge in [0.2, 0.25) is 0 Å². The Morgan fingerprint density at radius 1 is 1.33 bits per heavy atom. The summed E-state index contributed by atoms with van der Waals surface area (Å²) in [5.74, 6) is 0.0466. The Morgan fingerprint density at radius 2 is 2.14 bits per heavy atom. The Bertz CT molecular complexity index is 677. The molecule has 1 saturated heterocycles. The maximum atomic E-state index is 10.8. The summed E-state index contributed by atoms with van der Waals surface area (Å²) in [6, 6.07) is 8.50. The largest absolute Gasteiger partial charge is 0.392 e. The second kappa shape index (κ2) is 4.42. The smallest absolute Gasteiger partial charge is 0.0956 e. The molecule has 21 heavy (non-hydrogen) atoms. The maximum Gasteiger partial charge on any atom is 0.0956 e. The van der Waals surface area contributed by atoms with E-state index in [0.717, 1.165) is 5.69 Å². The number of benzene rings is 1. The zero-order valence-corrected chi connectivity index (χ0v) is 12.4. The number of imidazole rings is 1. The number of fused-ring (bicyclic) bond motifs is 3. The highest BCUT2D eigenvalue weighted by Crippen LogP contribution is 2.47. The Labute approximate surface area is 124 Å². The van der Waals surface area contributed by atoms with Crippen molar-refractivity contribution in [2.45, 2.75) is 26.0 Å². The fraction of sp³-hybridized carbons (Fsp3) is 0.471. The van der Waals surface area contributed by atoms with Crippen LogP contribution in [0.25, 0.3) is 11.3 Å². The van der Waals surface area contributed by atoms with Gasteiger partial charge in [0, 0.05) is 16.9 Å². The van der Waals surface area contributed by atoms with Gasteiger partial charge in [-0.1, -0.05) is 38.1 Å². The number of aliphatic hydroxyl groups excluding tert-OH is 1. The molecule has 0 aliphatic carbocycles. The van der Waals surface area contributed by atoms with E-state index in [0.29, 0.717) is 13.2 Å². The van der Waals surface area contributed by atoms with Gasteiger partial charge in [-0.05, 0) is 5.56 Å². The van der Waals surface area contributed by atoms with Crippen LogP contribution in [0.4, 0.5) is 0 Å². The number of ether oxygens (including phenoxy) is 1. The maximum absolute atomic E-state index is 10.8. The van der Waals surface area contributed by atoms with E-state index in [1.807, 2.05) is 12.5 Å². The minimum atomic E-state index is -0.391. The highest BCUT2D eigenvalue weighted by atomic mass is 16.5. The normalized spacial score (nSPS) is 30.0. The van der Waals surface area contributed by atoms with Crippen molar-refractivity contribution in [3.63, 3.8) is 0 Å². The first-order valence-corrected chi connectivity index (χ1v) is 7.46. The Morgan fingerprint density at radius 3 is 3.00 bits per heavy atom. The summed E-state index contributed by atoms with van der Waals surface area (Å²) in [5, 5.41) is 10.8. The van der Waals surface area contributed by atoms with Crippen LogP contribution in [0, 0.1) is 11.3 Å². The molecule has 0 saturated carbocycles. The van der Waals surface area contributed by atoms with Crippen molar-refractivity contribution in [2.75, 3.05) is 13.2 Å². The highest BCUT2D eigenvalue weighted by molar-refractivity contribution is 5.69. The summed E-state index contributed by atoms with van der Waals surface area (Å²) < 4.78 is 7.98.